The van der Waals surface area contributed by atoms with Gasteiger partial charge in [-0.25, -0.2) is 4.79 Å². The zero-order valence-electron chi connectivity index (χ0n) is 9.01. The molecule has 0 fully saturated rings. The summed E-state index contributed by atoms with van der Waals surface area (Å²) < 4.78 is 0.662. The van der Waals surface area contributed by atoms with Crippen LogP contribution in [0.5, 0.6) is 0 Å². The minimum Gasteiger partial charge on any atom is -0.477 e. The average molecular weight is 326 g/mol. The molecule has 0 aliphatic rings. The Labute approximate surface area is 115 Å². The Bertz CT molecular complexity index is 609. The molecular weight excluding hydrogens is 318 g/mol. The summed E-state index contributed by atoms with van der Waals surface area (Å²) in [6.45, 7) is 0. The molecule has 2 N–H and O–H groups in total. The molecule has 2 aromatic rings. The molecule has 1 amide bonds. The van der Waals surface area contributed by atoms with Crippen LogP contribution < -0.4 is 5.32 Å². The molecule has 1 aromatic heterocycles. The highest BCUT2D eigenvalue weighted by Crippen LogP contribution is 2.24. The zero-order chi connectivity index (χ0) is 13.1. The SMILES string of the molecule is O=C(Nc1ccsc1C(=O)O)c1ccccc1Br. The molecule has 2 rings (SSSR count). The Balaban J connectivity index is 2.25. The predicted molar refractivity (Wildman–Crippen MR) is 73.4 cm³/mol. The highest BCUT2D eigenvalue weighted by atomic mass is 79.9. The van der Waals surface area contributed by atoms with Crippen LogP contribution in [0, 0.1) is 0 Å². The molecule has 0 radical (unpaired) electrons. The van der Waals surface area contributed by atoms with Gasteiger partial charge in [0.15, 0.2) is 0 Å². The van der Waals surface area contributed by atoms with Gasteiger partial charge in [0.1, 0.15) is 4.88 Å². The molecule has 1 aromatic carbocycles. The van der Waals surface area contributed by atoms with E-state index in [1.807, 2.05) is 0 Å². The van der Waals surface area contributed by atoms with Crippen LogP contribution >= 0.6 is 27.3 Å². The minimum atomic E-state index is -1.05. The number of anilines is 1. The maximum absolute atomic E-state index is 12.0. The first-order valence-corrected chi connectivity index (χ1v) is 6.63. The van der Waals surface area contributed by atoms with Crippen LogP contribution in [0.1, 0.15) is 20.0 Å². The quantitative estimate of drug-likeness (QED) is 0.908. The van der Waals surface area contributed by atoms with Gasteiger partial charge < -0.3 is 10.4 Å². The van der Waals surface area contributed by atoms with Gasteiger partial charge in [0, 0.05) is 4.47 Å². The lowest BCUT2D eigenvalue weighted by molar-refractivity contribution is 0.0703. The van der Waals surface area contributed by atoms with E-state index in [0.29, 0.717) is 15.7 Å². The van der Waals surface area contributed by atoms with Crippen molar-refractivity contribution in [1.82, 2.24) is 0 Å². The molecule has 0 bridgehead atoms. The number of carbonyl (C=O) groups excluding carboxylic acids is 1. The van der Waals surface area contributed by atoms with Gasteiger partial charge in [-0.2, -0.15) is 0 Å². The van der Waals surface area contributed by atoms with Crippen molar-refractivity contribution in [2.45, 2.75) is 0 Å². The van der Waals surface area contributed by atoms with Crippen LogP contribution in [0.25, 0.3) is 0 Å². The number of rotatable bonds is 3. The Morgan fingerprint density at radius 3 is 2.61 bits per heavy atom. The monoisotopic (exact) mass is 325 g/mol. The Kier molecular flexibility index (Phi) is 3.78. The van der Waals surface area contributed by atoms with Crippen LogP contribution in [0.4, 0.5) is 5.69 Å². The summed E-state index contributed by atoms with van der Waals surface area (Å²) in [7, 11) is 0. The maximum atomic E-state index is 12.0. The lowest BCUT2D eigenvalue weighted by atomic mass is 10.2. The first-order valence-electron chi connectivity index (χ1n) is 4.96. The fourth-order valence-electron chi connectivity index (χ4n) is 1.41. The van der Waals surface area contributed by atoms with Crippen LogP contribution in [0.3, 0.4) is 0 Å². The molecule has 0 aliphatic heterocycles. The van der Waals surface area contributed by atoms with Gasteiger partial charge in [-0.3, -0.25) is 4.79 Å². The van der Waals surface area contributed by atoms with Crippen molar-refractivity contribution in [2.24, 2.45) is 0 Å². The van der Waals surface area contributed by atoms with Gasteiger partial charge >= 0.3 is 5.97 Å². The van der Waals surface area contributed by atoms with E-state index in [1.165, 1.54) is 0 Å². The number of amides is 1. The third kappa shape index (κ3) is 2.60. The number of benzene rings is 1. The normalized spacial score (nSPS) is 10.1. The second kappa shape index (κ2) is 5.32. The molecule has 1 heterocycles. The van der Waals surface area contributed by atoms with Gasteiger partial charge in [0.05, 0.1) is 11.3 Å². The van der Waals surface area contributed by atoms with E-state index in [2.05, 4.69) is 21.2 Å². The topological polar surface area (TPSA) is 66.4 Å². The van der Waals surface area contributed by atoms with Crippen molar-refractivity contribution in [3.63, 3.8) is 0 Å². The summed E-state index contributed by atoms with van der Waals surface area (Å²) in [6.07, 6.45) is 0. The molecule has 4 nitrogen and oxygen atoms in total. The van der Waals surface area contributed by atoms with Crippen molar-refractivity contribution < 1.29 is 14.7 Å². The van der Waals surface area contributed by atoms with Crippen molar-refractivity contribution >= 4 is 44.8 Å². The molecular formula is C12H8BrNO3S. The van der Waals surface area contributed by atoms with Gasteiger partial charge in [0.2, 0.25) is 0 Å². The summed E-state index contributed by atoms with van der Waals surface area (Å²) in [6, 6.07) is 8.52. The molecule has 0 saturated heterocycles. The number of nitrogens with one attached hydrogen (secondary N) is 1. The van der Waals surface area contributed by atoms with E-state index < -0.39 is 5.97 Å². The number of thiophene rings is 1. The van der Waals surface area contributed by atoms with E-state index >= 15 is 0 Å². The second-order valence-corrected chi connectivity index (χ2v) is 5.17. The molecule has 92 valence electrons. The summed E-state index contributed by atoms with van der Waals surface area (Å²) >= 11 is 4.35. The summed E-state index contributed by atoms with van der Waals surface area (Å²) in [5, 5.41) is 13.2. The van der Waals surface area contributed by atoms with Gasteiger partial charge in [-0.05, 0) is 39.5 Å². The largest absolute Gasteiger partial charge is 0.477 e. The zero-order valence-corrected chi connectivity index (χ0v) is 11.4. The van der Waals surface area contributed by atoms with E-state index in [9.17, 15) is 9.59 Å². The van der Waals surface area contributed by atoms with Crippen LogP contribution in [0.2, 0.25) is 0 Å². The summed E-state index contributed by atoms with van der Waals surface area (Å²) in [5.74, 6) is -1.39. The van der Waals surface area contributed by atoms with Crippen molar-refractivity contribution in [2.75, 3.05) is 5.32 Å². The molecule has 0 aliphatic carbocycles. The number of hydrogen-bond donors (Lipinski definition) is 2. The molecule has 0 atom stereocenters. The number of hydrogen-bond acceptors (Lipinski definition) is 3. The number of halogens is 1. The molecule has 0 spiro atoms. The predicted octanol–water partition coefficient (Wildman–Crippen LogP) is 3.46. The Morgan fingerprint density at radius 1 is 1.22 bits per heavy atom. The lowest BCUT2D eigenvalue weighted by Gasteiger charge is -2.06. The second-order valence-electron chi connectivity index (χ2n) is 3.40. The number of carbonyl (C=O) groups is 2. The van der Waals surface area contributed by atoms with E-state index in [-0.39, 0.29) is 10.8 Å². The van der Waals surface area contributed by atoms with Crippen LogP contribution in [0.15, 0.2) is 40.2 Å². The highest BCUT2D eigenvalue weighted by Gasteiger charge is 2.15. The maximum Gasteiger partial charge on any atom is 0.348 e. The van der Waals surface area contributed by atoms with Gasteiger partial charge in [0.25, 0.3) is 5.91 Å². The molecule has 18 heavy (non-hydrogen) atoms. The van der Waals surface area contributed by atoms with E-state index in [4.69, 9.17) is 5.11 Å². The standard InChI is InChI=1S/C12H8BrNO3S/c13-8-4-2-1-3-7(8)11(15)14-9-5-6-18-10(9)12(16)17/h1-6H,(H,14,15)(H,16,17). The van der Waals surface area contributed by atoms with Crippen LogP contribution in [-0.2, 0) is 0 Å². The van der Waals surface area contributed by atoms with E-state index in [1.54, 1.807) is 35.7 Å². The van der Waals surface area contributed by atoms with Gasteiger partial charge in [-0.1, -0.05) is 12.1 Å². The molecule has 0 saturated carbocycles. The smallest absolute Gasteiger partial charge is 0.348 e. The molecule has 6 heteroatoms. The number of carboxylic acids is 1. The fraction of sp³-hybridized carbons (Fsp3) is 0. The fourth-order valence-corrected chi connectivity index (χ4v) is 2.56. The van der Waals surface area contributed by atoms with Crippen molar-refractivity contribution in [3.8, 4) is 0 Å². The van der Waals surface area contributed by atoms with Gasteiger partial charge in [-0.15, -0.1) is 11.3 Å². The summed E-state index contributed by atoms with van der Waals surface area (Å²) in [4.78, 5) is 23.0. The number of aromatic carboxylic acids is 1. The molecule has 0 unspecified atom stereocenters. The third-order valence-electron chi connectivity index (χ3n) is 2.23. The van der Waals surface area contributed by atoms with Crippen LogP contribution in [-0.4, -0.2) is 17.0 Å². The lowest BCUT2D eigenvalue weighted by Crippen LogP contribution is -2.13. The Hall–Kier alpha value is -1.66. The first kappa shape index (κ1) is 12.8. The average Bonchev–Trinajstić information content (AvgIpc) is 2.77. The first-order chi connectivity index (χ1) is 8.59. The summed E-state index contributed by atoms with van der Waals surface area (Å²) in [5.41, 5.74) is 0.772. The van der Waals surface area contributed by atoms with E-state index in [0.717, 1.165) is 11.3 Å². The number of carboxylic acid groups (broad SMARTS) is 1. The van der Waals surface area contributed by atoms with Crippen molar-refractivity contribution in [3.05, 3.63) is 50.6 Å². The highest BCUT2D eigenvalue weighted by molar-refractivity contribution is 9.10. The Morgan fingerprint density at radius 2 is 1.94 bits per heavy atom. The minimum absolute atomic E-state index is 0.121. The van der Waals surface area contributed by atoms with Crippen molar-refractivity contribution in [1.29, 1.82) is 0 Å². The third-order valence-corrected chi connectivity index (χ3v) is 3.82.